The second-order valence-corrected chi connectivity index (χ2v) is 12.6. The van der Waals surface area contributed by atoms with Gasteiger partial charge in [-0.3, -0.25) is 4.79 Å². The Bertz CT molecular complexity index is 1710. The van der Waals surface area contributed by atoms with Gasteiger partial charge in [0.25, 0.3) is 5.91 Å². The molecule has 1 aliphatic heterocycles. The first-order chi connectivity index (χ1) is 22.4. The molecule has 0 bridgehead atoms. The second kappa shape index (κ2) is 15.9. The minimum absolute atomic E-state index is 0.0525. The van der Waals surface area contributed by atoms with Crippen LogP contribution in [0.2, 0.25) is 0 Å². The number of aliphatic hydroxyl groups excluding tert-OH is 1. The number of rotatable bonds is 14. The fraction of sp³-hybridized carbons (Fsp3) is 0.257. The third-order valence-corrected chi connectivity index (χ3v) is 8.73. The molecule has 46 heavy (non-hydrogen) atoms. The molecule has 4 aromatic carbocycles. The topological polar surface area (TPSA) is 129 Å². The van der Waals surface area contributed by atoms with Crippen LogP contribution in [0.25, 0.3) is 10.4 Å². The van der Waals surface area contributed by atoms with Crippen LogP contribution in [0.4, 0.5) is 0 Å². The molecular weight excluding hydrogens is 714 g/mol. The van der Waals surface area contributed by atoms with Gasteiger partial charge in [0.1, 0.15) is 5.75 Å². The molecular formula is C35H33Br2N5O4. The van der Waals surface area contributed by atoms with Crippen molar-refractivity contribution in [1.82, 2.24) is 5.32 Å². The molecule has 0 aliphatic carbocycles. The van der Waals surface area contributed by atoms with Gasteiger partial charge in [-0.25, -0.2) is 4.99 Å². The molecule has 4 aromatic rings. The van der Waals surface area contributed by atoms with Gasteiger partial charge >= 0.3 is 0 Å². The van der Waals surface area contributed by atoms with Gasteiger partial charge in [-0.15, -0.1) is 0 Å². The van der Waals surface area contributed by atoms with E-state index < -0.39 is 11.6 Å². The molecule has 11 heteroatoms. The lowest BCUT2D eigenvalue weighted by Gasteiger charge is -2.32. The van der Waals surface area contributed by atoms with E-state index in [1.807, 2.05) is 97.1 Å². The van der Waals surface area contributed by atoms with Gasteiger partial charge in [-0.2, -0.15) is 0 Å². The molecule has 0 unspecified atom stereocenters. The average Bonchev–Trinajstić information content (AvgIpc) is 3.46. The Morgan fingerprint density at radius 2 is 1.65 bits per heavy atom. The first-order valence-electron chi connectivity index (χ1n) is 14.9. The Morgan fingerprint density at radius 3 is 2.33 bits per heavy atom. The number of nitrogens with one attached hydrogen (secondary N) is 1. The van der Waals surface area contributed by atoms with E-state index in [1.165, 1.54) is 0 Å². The van der Waals surface area contributed by atoms with Crippen LogP contribution in [0.5, 0.6) is 5.75 Å². The molecule has 0 aromatic heterocycles. The molecule has 5 rings (SSSR count). The molecule has 0 spiro atoms. The first kappa shape index (κ1) is 33.2. The fourth-order valence-electron chi connectivity index (χ4n) is 5.34. The van der Waals surface area contributed by atoms with Gasteiger partial charge in [-0.1, -0.05) is 85.5 Å². The quantitative estimate of drug-likeness (QED) is 0.0595. The van der Waals surface area contributed by atoms with E-state index in [2.05, 4.69) is 47.2 Å². The molecule has 0 radical (unpaired) electrons. The van der Waals surface area contributed by atoms with E-state index >= 15 is 0 Å². The van der Waals surface area contributed by atoms with Crippen molar-refractivity contribution in [3.05, 3.63) is 144 Å². The Balaban J connectivity index is 1.55. The number of carbonyl (C=O) groups is 1. The molecule has 1 heterocycles. The monoisotopic (exact) mass is 745 g/mol. The van der Waals surface area contributed by atoms with E-state index in [1.54, 1.807) is 0 Å². The predicted octanol–water partition coefficient (Wildman–Crippen LogP) is 7.64. The number of amides is 1. The number of halogens is 2. The number of aliphatic hydroxyl groups is 1. The SMILES string of the molecule is [N-]=[N+]=NCc1ccccc1[C@H]1OC(c2ccc(OCCCO)cc2)=N[C@@]1(Cc1ccc(Br)cc1)C(=O)NCCc1ccc(Br)cc1. The number of benzene rings is 4. The van der Waals surface area contributed by atoms with Crippen molar-refractivity contribution in [2.45, 2.75) is 37.5 Å². The summed E-state index contributed by atoms with van der Waals surface area (Å²) in [5.41, 5.74) is 11.9. The van der Waals surface area contributed by atoms with E-state index in [9.17, 15) is 4.79 Å². The highest BCUT2D eigenvalue weighted by Gasteiger charge is 2.53. The molecule has 1 aliphatic rings. The molecule has 9 nitrogen and oxygen atoms in total. The van der Waals surface area contributed by atoms with E-state index in [0.29, 0.717) is 43.2 Å². The highest BCUT2D eigenvalue weighted by atomic mass is 79.9. The largest absolute Gasteiger partial charge is 0.494 e. The zero-order chi connectivity index (χ0) is 32.4. The van der Waals surface area contributed by atoms with E-state index in [0.717, 1.165) is 31.2 Å². The second-order valence-electron chi connectivity index (χ2n) is 10.8. The number of ether oxygens (including phenoxy) is 2. The maximum Gasteiger partial charge on any atom is 0.252 e. The maximum absolute atomic E-state index is 14.5. The van der Waals surface area contributed by atoms with Crippen LogP contribution in [0.1, 0.15) is 40.3 Å². The van der Waals surface area contributed by atoms with Crippen LogP contribution in [0.15, 0.2) is 116 Å². The zero-order valence-corrected chi connectivity index (χ0v) is 28.2. The lowest BCUT2D eigenvalue weighted by atomic mass is 9.80. The minimum atomic E-state index is -1.38. The highest BCUT2D eigenvalue weighted by Crippen LogP contribution is 2.44. The predicted molar refractivity (Wildman–Crippen MR) is 185 cm³/mol. The number of carbonyl (C=O) groups excluding carboxylic acids is 1. The molecule has 236 valence electrons. The summed E-state index contributed by atoms with van der Waals surface area (Å²) >= 11 is 6.99. The molecule has 0 saturated carbocycles. The fourth-order valence-corrected chi connectivity index (χ4v) is 5.87. The van der Waals surface area contributed by atoms with E-state index in [4.69, 9.17) is 25.1 Å². The molecule has 0 saturated heterocycles. The summed E-state index contributed by atoms with van der Waals surface area (Å²) in [5.74, 6) is 0.708. The third kappa shape index (κ3) is 8.16. The number of aliphatic imine (C=N–C) groups is 1. The van der Waals surface area contributed by atoms with E-state index in [-0.39, 0.29) is 25.5 Å². The average molecular weight is 747 g/mol. The lowest BCUT2D eigenvalue weighted by molar-refractivity contribution is -0.128. The Hall–Kier alpha value is -4.15. The number of azide groups is 1. The van der Waals surface area contributed by atoms with Crippen molar-refractivity contribution < 1.29 is 19.4 Å². The number of hydrogen-bond acceptors (Lipinski definition) is 6. The summed E-state index contributed by atoms with van der Waals surface area (Å²) in [6, 6.07) is 30.7. The van der Waals surface area contributed by atoms with Gasteiger partial charge in [0.05, 0.1) is 13.2 Å². The van der Waals surface area contributed by atoms with Gasteiger partial charge in [0.15, 0.2) is 11.6 Å². The summed E-state index contributed by atoms with van der Waals surface area (Å²) in [6.07, 6.45) is 0.617. The van der Waals surface area contributed by atoms with Gasteiger partial charge < -0.3 is 19.9 Å². The van der Waals surface area contributed by atoms with Crippen molar-refractivity contribution in [2.24, 2.45) is 10.1 Å². The molecule has 2 N–H and O–H groups in total. The molecule has 1 amide bonds. The van der Waals surface area contributed by atoms with Gasteiger partial charge in [0, 0.05) is 45.4 Å². The van der Waals surface area contributed by atoms with Crippen LogP contribution in [-0.4, -0.2) is 42.2 Å². The van der Waals surface area contributed by atoms with Crippen molar-refractivity contribution in [2.75, 3.05) is 19.8 Å². The first-order valence-corrected chi connectivity index (χ1v) is 16.5. The van der Waals surface area contributed by atoms with Crippen molar-refractivity contribution in [3.8, 4) is 5.75 Å². The van der Waals surface area contributed by atoms with Crippen LogP contribution in [0, 0.1) is 0 Å². The van der Waals surface area contributed by atoms with Crippen molar-refractivity contribution in [3.63, 3.8) is 0 Å². The highest BCUT2D eigenvalue weighted by molar-refractivity contribution is 9.10. The lowest BCUT2D eigenvalue weighted by Crippen LogP contribution is -2.50. The van der Waals surface area contributed by atoms with Gasteiger partial charge in [0.2, 0.25) is 5.90 Å². The summed E-state index contributed by atoms with van der Waals surface area (Å²) in [6.45, 7) is 0.951. The van der Waals surface area contributed by atoms with Gasteiger partial charge in [-0.05, 0) is 82.7 Å². The molecule has 2 atom stereocenters. The minimum Gasteiger partial charge on any atom is -0.494 e. The van der Waals surface area contributed by atoms with Crippen LogP contribution < -0.4 is 10.1 Å². The standard InChI is InChI=1S/C35H33Br2N5O4/c36-28-12-6-24(7-13-28)18-19-39-34(44)35(22-25-8-14-29(37)15-9-25)32(31-5-2-1-4-27(31)23-40-42-38)46-33(41-35)26-10-16-30(17-11-26)45-21-3-20-43/h1-2,4-17,32,43H,3,18-23H2,(H,39,44)/t32-,35-/m1/s1. The zero-order valence-electron chi connectivity index (χ0n) is 25.0. The maximum atomic E-state index is 14.5. The number of hydrogen-bond donors (Lipinski definition) is 2. The Morgan fingerprint density at radius 1 is 0.978 bits per heavy atom. The van der Waals surface area contributed by atoms with Crippen LogP contribution in [-0.2, 0) is 28.9 Å². The smallest absolute Gasteiger partial charge is 0.252 e. The summed E-state index contributed by atoms with van der Waals surface area (Å²) in [5, 5.41) is 16.1. The van der Waals surface area contributed by atoms with Crippen molar-refractivity contribution in [1.29, 1.82) is 0 Å². The van der Waals surface area contributed by atoms with Crippen LogP contribution in [0.3, 0.4) is 0 Å². The summed E-state index contributed by atoms with van der Waals surface area (Å²) in [4.78, 5) is 22.6. The van der Waals surface area contributed by atoms with Crippen LogP contribution >= 0.6 is 31.9 Å². The van der Waals surface area contributed by atoms with Crippen molar-refractivity contribution >= 4 is 43.7 Å². The Labute approximate surface area is 284 Å². The normalized spacial score (nSPS) is 17.0. The Kier molecular flexibility index (Phi) is 11.5. The number of nitrogens with zero attached hydrogens (tertiary/aromatic N) is 4. The third-order valence-electron chi connectivity index (χ3n) is 7.67. The molecule has 0 fully saturated rings. The summed E-state index contributed by atoms with van der Waals surface area (Å²) in [7, 11) is 0. The summed E-state index contributed by atoms with van der Waals surface area (Å²) < 4.78 is 14.3.